The second kappa shape index (κ2) is 13.1. The van der Waals surface area contributed by atoms with Gasteiger partial charge in [-0.05, 0) is 23.7 Å². The van der Waals surface area contributed by atoms with Crippen LogP contribution in [0.25, 0.3) is 21.5 Å². The van der Waals surface area contributed by atoms with Crippen LogP contribution in [0.5, 0.6) is 0 Å². The van der Waals surface area contributed by atoms with E-state index >= 15 is 0 Å². The summed E-state index contributed by atoms with van der Waals surface area (Å²) < 4.78 is 0. The average molecular weight is 661 g/mol. The molecule has 0 radical (unpaired) electrons. The molecule has 0 spiro atoms. The minimum Gasteiger partial charge on any atom is -0.358 e. The fraction of sp³-hybridized carbons (Fsp3) is 0.444. The molecular weight excluding hydrogens is 611 g/mol. The van der Waals surface area contributed by atoms with Gasteiger partial charge in [-0.1, -0.05) is 116 Å². The first kappa shape index (κ1) is 33.6. The normalized spacial score (nSPS) is 11.5. The van der Waals surface area contributed by atoms with Crippen LogP contribution in [0.1, 0.15) is 124 Å². The molecule has 0 atom stereocenters. The molecule has 4 rings (SSSR count). The maximum atomic E-state index is 2.48. The van der Waals surface area contributed by atoms with Crippen LogP contribution >= 0.6 is 0 Å². The predicted octanol–water partition coefficient (Wildman–Crippen LogP) is 11.2. The van der Waals surface area contributed by atoms with Crippen molar-refractivity contribution < 1.29 is 25.8 Å². The molecule has 4 aromatic rings. The Kier molecular flexibility index (Phi) is 11.8. The van der Waals surface area contributed by atoms with Crippen LogP contribution in [0.15, 0.2) is 36.4 Å². The van der Waals surface area contributed by atoms with E-state index in [1.807, 2.05) is 0 Å². The van der Waals surface area contributed by atoms with Crippen molar-refractivity contribution >= 4 is 21.5 Å². The molecule has 0 bridgehead atoms. The SMILES string of the molecule is Cc1[cH-]c2cc(C(C)C)cc(C(C)C)c2c1CCc1c(C)[cH-]c2cc(C(C)C)cc(C(C)C)c12.[CH3-].[CH3-].[Hf+4]. The monoisotopic (exact) mass is 662 g/mol. The predicted molar refractivity (Wildman–Crippen MR) is 165 cm³/mol. The van der Waals surface area contributed by atoms with Crippen molar-refractivity contribution in [3.8, 4) is 0 Å². The third-order valence-corrected chi connectivity index (χ3v) is 7.95. The van der Waals surface area contributed by atoms with Crippen LogP contribution in [-0.4, -0.2) is 0 Å². The summed E-state index contributed by atoms with van der Waals surface area (Å²) in [6.45, 7) is 23.3. The number of rotatable bonds is 7. The van der Waals surface area contributed by atoms with E-state index in [4.69, 9.17) is 0 Å². The Balaban J connectivity index is 0.00000228. The van der Waals surface area contributed by atoms with Gasteiger partial charge in [0.1, 0.15) is 0 Å². The molecule has 0 nitrogen and oxygen atoms in total. The van der Waals surface area contributed by atoms with Gasteiger partial charge in [0.15, 0.2) is 0 Å². The molecule has 0 saturated heterocycles. The topological polar surface area (TPSA) is 0 Å². The Labute approximate surface area is 247 Å². The maximum absolute atomic E-state index is 2.48. The van der Waals surface area contributed by atoms with Crippen molar-refractivity contribution in [2.24, 2.45) is 0 Å². The Morgan fingerprint density at radius 3 is 1.14 bits per heavy atom. The van der Waals surface area contributed by atoms with Crippen molar-refractivity contribution in [3.05, 3.63) is 95.8 Å². The van der Waals surface area contributed by atoms with Crippen LogP contribution in [0.3, 0.4) is 0 Å². The molecule has 1 heteroatoms. The first-order valence-corrected chi connectivity index (χ1v) is 13.4. The summed E-state index contributed by atoms with van der Waals surface area (Å²) >= 11 is 0. The van der Waals surface area contributed by atoms with Gasteiger partial charge in [0.05, 0.1) is 0 Å². The van der Waals surface area contributed by atoms with Gasteiger partial charge in [-0.25, -0.2) is 0 Å². The van der Waals surface area contributed by atoms with Crippen LogP contribution in [0, 0.1) is 28.7 Å². The van der Waals surface area contributed by atoms with Crippen LogP contribution < -0.4 is 0 Å². The Morgan fingerprint density at radius 2 is 0.865 bits per heavy atom. The zero-order valence-electron chi connectivity index (χ0n) is 25.7. The Hall–Kier alpha value is -1.47. The standard InChI is InChI=1S/C34H44.2CH3.Hf/c1-19(2)25-15-27-13-23(9)29(33(27)31(17-25)21(5)6)11-12-30-24(10)14-28-16-26(20(3)4)18-32(22(7)8)34(28)30;;;/h13-22H,11-12H2,1-10H3;2*1H3;/q-2;2*-1;+4. The maximum Gasteiger partial charge on any atom is 4.00 e. The van der Waals surface area contributed by atoms with Crippen molar-refractivity contribution in [2.45, 2.75) is 106 Å². The van der Waals surface area contributed by atoms with Crippen LogP contribution in [-0.2, 0) is 38.7 Å². The molecule has 0 saturated carbocycles. The summed E-state index contributed by atoms with van der Waals surface area (Å²) in [6.07, 6.45) is 2.22. The fourth-order valence-corrected chi connectivity index (χ4v) is 5.85. The zero-order chi connectivity index (χ0) is 24.9. The van der Waals surface area contributed by atoms with Crippen LogP contribution in [0.4, 0.5) is 0 Å². The molecule has 0 aliphatic heterocycles. The van der Waals surface area contributed by atoms with Crippen LogP contribution in [0.2, 0.25) is 0 Å². The molecule has 0 heterocycles. The molecule has 0 aromatic heterocycles. The van der Waals surface area contributed by atoms with E-state index in [9.17, 15) is 0 Å². The molecule has 0 aliphatic carbocycles. The van der Waals surface area contributed by atoms with Gasteiger partial charge in [-0.3, -0.25) is 0 Å². The summed E-state index contributed by atoms with van der Waals surface area (Å²) in [5, 5.41) is 5.93. The average Bonchev–Trinajstić information content (AvgIpc) is 3.25. The van der Waals surface area contributed by atoms with Crippen molar-refractivity contribution in [1.29, 1.82) is 0 Å². The number of aryl methyl sites for hydroxylation is 4. The molecule has 0 aliphatic rings. The van der Waals surface area contributed by atoms with Gasteiger partial charge in [-0.2, -0.15) is 11.1 Å². The third kappa shape index (κ3) is 6.41. The molecule has 0 fully saturated rings. The van der Waals surface area contributed by atoms with E-state index in [1.54, 1.807) is 11.1 Å². The number of hydrogen-bond donors (Lipinski definition) is 0. The molecule has 0 N–H and O–H groups in total. The quantitative estimate of drug-likeness (QED) is 0.137. The van der Waals surface area contributed by atoms with E-state index in [0.29, 0.717) is 23.7 Å². The second-order valence-corrected chi connectivity index (χ2v) is 11.9. The molecular formula is C36H50Hf. The van der Waals surface area contributed by atoms with Crippen molar-refractivity contribution in [1.82, 2.24) is 0 Å². The van der Waals surface area contributed by atoms with Gasteiger partial charge in [0.2, 0.25) is 0 Å². The van der Waals surface area contributed by atoms with Crippen molar-refractivity contribution in [2.75, 3.05) is 0 Å². The minimum absolute atomic E-state index is 0. The minimum atomic E-state index is 0. The van der Waals surface area contributed by atoms with E-state index in [0.717, 1.165) is 12.8 Å². The van der Waals surface area contributed by atoms with Gasteiger partial charge in [0, 0.05) is 0 Å². The van der Waals surface area contributed by atoms with Gasteiger partial charge in [0.25, 0.3) is 0 Å². The van der Waals surface area contributed by atoms with Gasteiger partial charge < -0.3 is 14.9 Å². The summed E-state index contributed by atoms with van der Waals surface area (Å²) in [5.74, 6) is 2.18. The first-order chi connectivity index (χ1) is 16.0. The summed E-state index contributed by atoms with van der Waals surface area (Å²) in [4.78, 5) is 0. The van der Waals surface area contributed by atoms with E-state index < -0.39 is 0 Å². The van der Waals surface area contributed by atoms with Gasteiger partial charge in [-0.15, -0.1) is 56.9 Å². The third-order valence-electron chi connectivity index (χ3n) is 7.95. The molecule has 4 aromatic carbocycles. The number of benzene rings is 2. The molecule has 0 unspecified atom stereocenters. The molecule has 0 amide bonds. The second-order valence-electron chi connectivity index (χ2n) is 11.9. The number of hydrogen-bond acceptors (Lipinski definition) is 0. The largest absolute Gasteiger partial charge is 4.00 e. The smallest absolute Gasteiger partial charge is 0.358 e. The molecule has 198 valence electrons. The van der Waals surface area contributed by atoms with E-state index in [1.165, 1.54) is 54.9 Å². The van der Waals surface area contributed by atoms with E-state index in [-0.39, 0.29) is 40.7 Å². The number of fused-ring (bicyclic) bond motifs is 2. The Morgan fingerprint density at radius 1 is 0.541 bits per heavy atom. The first-order valence-electron chi connectivity index (χ1n) is 13.4. The zero-order valence-corrected chi connectivity index (χ0v) is 29.3. The fourth-order valence-electron chi connectivity index (χ4n) is 5.85. The summed E-state index contributed by atoms with van der Waals surface area (Å²) in [6, 6.07) is 14.7. The Bertz CT molecular complexity index is 1220. The summed E-state index contributed by atoms with van der Waals surface area (Å²) in [5.41, 5.74) is 12.0. The van der Waals surface area contributed by atoms with E-state index in [2.05, 4.69) is 106 Å². The van der Waals surface area contributed by atoms with Crippen molar-refractivity contribution in [3.63, 3.8) is 0 Å². The van der Waals surface area contributed by atoms with Gasteiger partial charge >= 0.3 is 25.8 Å². The summed E-state index contributed by atoms with van der Waals surface area (Å²) in [7, 11) is 0. The molecule has 37 heavy (non-hydrogen) atoms.